The van der Waals surface area contributed by atoms with Crippen LogP contribution >= 0.6 is 11.3 Å². The number of thiazole rings is 1. The zero-order valence-corrected chi connectivity index (χ0v) is 16.1. The SMILES string of the molecule is CC(C)CC(=O)N1CCC(NC(=O)Cc2csc(-c3ccco3)n2)CC1. The smallest absolute Gasteiger partial charge is 0.226 e. The zero-order chi connectivity index (χ0) is 18.5. The highest BCUT2D eigenvalue weighted by molar-refractivity contribution is 7.13. The molecule has 3 rings (SSSR count). The van der Waals surface area contributed by atoms with E-state index in [0.29, 0.717) is 12.3 Å². The second kappa shape index (κ2) is 8.49. The molecule has 1 saturated heterocycles. The van der Waals surface area contributed by atoms with E-state index in [9.17, 15) is 9.59 Å². The summed E-state index contributed by atoms with van der Waals surface area (Å²) in [6.07, 6.45) is 4.10. The lowest BCUT2D eigenvalue weighted by molar-refractivity contribution is -0.133. The van der Waals surface area contributed by atoms with Crippen LogP contribution in [0.1, 0.15) is 38.8 Å². The van der Waals surface area contributed by atoms with Gasteiger partial charge in [0.2, 0.25) is 11.8 Å². The fraction of sp³-hybridized carbons (Fsp3) is 0.526. The van der Waals surface area contributed by atoms with Crippen molar-refractivity contribution in [3.63, 3.8) is 0 Å². The Balaban J connectivity index is 1.44. The first kappa shape index (κ1) is 18.6. The van der Waals surface area contributed by atoms with Crippen molar-refractivity contribution in [1.29, 1.82) is 0 Å². The van der Waals surface area contributed by atoms with Crippen molar-refractivity contribution in [2.24, 2.45) is 5.92 Å². The van der Waals surface area contributed by atoms with E-state index in [0.717, 1.165) is 42.4 Å². The second-order valence-corrected chi connectivity index (χ2v) is 7.98. The molecule has 0 bridgehead atoms. The van der Waals surface area contributed by atoms with Crippen LogP contribution in [-0.2, 0) is 16.0 Å². The normalized spacial score (nSPS) is 15.4. The molecule has 0 saturated carbocycles. The highest BCUT2D eigenvalue weighted by atomic mass is 32.1. The lowest BCUT2D eigenvalue weighted by Crippen LogP contribution is -2.47. The van der Waals surface area contributed by atoms with Gasteiger partial charge >= 0.3 is 0 Å². The van der Waals surface area contributed by atoms with Crippen LogP contribution in [0.4, 0.5) is 0 Å². The van der Waals surface area contributed by atoms with Gasteiger partial charge in [-0.1, -0.05) is 13.8 Å². The lowest BCUT2D eigenvalue weighted by Gasteiger charge is -2.32. The molecule has 2 amide bonds. The Morgan fingerprint density at radius 1 is 1.38 bits per heavy atom. The minimum atomic E-state index is -0.0201. The molecule has 2 aromatic rings. The zero-order valence-electron chi connectivity index (χ0n) is 15.2. The largest absolute Gasteiger partial charge is 0.462 e. The summed E-state index contributed by atoms with van der Waals surface area (Å²) in [4.78, 5) is 30.8. The number of amides is 2. The molecule has 0 radical (unpaired) electrons. The van der Waals surface area contributed by atoms with Gasteiger partial charge in [0.1, 0.15) is 0 Å². The van der Waals surface area contributed by atoms with Crippen LogP contribution in [0, 0.1) is 5.92 Å². The molecule has 0 atom stereocenters. The van der Waals surface area contributed by atoms with E-state index < -0.39 is 0 Å². The molecule has 1 aliphatic heterocycles. The number of nitrogens with zero attached hydrogens (tertiary/aromatic N) is 2. The monoisotopic (exact) mass is 375 g/mol. The molecule has 1 N–H and O–H groups in total. The van der Waals surface area contributed by atoms with Gasteiger partial charge in [-0.2, -0.15) is 0 Å². The Labute approximate surface area is 157 Å². The number of hydrogen-bond donors (Lipinski definition) is 1. The molecule has 0 aliphatic carbocycles. The van der Waals surface area contributed by atoms with E-state index in [1.54, 1.807) is 6.26 Å². The molecule has 6 nitrogen and oxygen atoms in total. The molecule has 7 heteroatoms. The summed E-state index contributed by atoms with van der Waals surface area (Å²) >= 11 is 1.47. The summed E-state index contributed by atoms with van der Waals surface area (Å²) < 4.78 is 5.33. The maximum absolute atomic E-state index is 12.3. The van der Waals surface area contributed by atoms with Crippen molar-refractivity contribution in [2.75, 3.05) is 13.1 Å². The van der Waals surface area contributed by atoms with Gasteiger partial charge in [0, 0.05) is 30.9 Å². The Morgan fingerprint density at radius 2 is 2.15 bits per heavy atom. The average molecular weight is 375 g/mol. The Morgan fingerprint density at radius 3 is 2.81 bits per heavy atom. The van der Waals surface area contributed by atoms with Crippen molar-refractivity contribution in [2.45, 2.75) is 45.6 Å². The lowest BCUT2D eigenvalue weighted by atomic mass is 10.0. The summed E-state index contributed by atoms with van der Waals surface area (Å²) in [5.41, 5.74) is 0.753. The van der Waals surface area contributed by atoms with Gasteiger partial charge in [-0.05, 0) is 30.9 Å². The van der Waals surface area contributed by atoms with Gasteiger partial charge in [-0.25, -0.2) is 4.98 Å². The van der Waals surface area contributed by atoms with E-state index in [1.807, 2.05) is 22.4 Å². The third-order valence-corrected chi connectivity index (χ3v) is 5.33. The number of nitrogens with one attached hydrogen (secondary N) is 1. The fourth-order valence-electron chi connectivity index (χ4n) is 3.10. The number of rotatable bonds is 6. The fourth-order valence-corrected chi connectivity index (χ4v) is 3.88. The summed E-state index contributed by atoms with van der Waals surface area (Å²) in [5.74, 6) is 1.30. The number of aromatic nitrogens is 1. The minimum absolute atomic E-state index is 0.0201. The van der Waals surface area contributed by atoms with E-state index in [4.69, 9.17) is 4.42 Å². The van der Waals surface area contributed by atoms with Crippen molar-refractivity contribution in [1.82, 2.24) is 15.2 Å². The van der Waals surface area contributed by atoms with Crippen LogP contribution in [-0.4, -0.2) is 40.8 Å². The number of piperidine rings is 1. The summed E-state index contributed by atoms with van der Waals surface area (Å²) in [7, 11) is 0. The van der Waals surface area contributed by atoms with Gasteiger partial charge in [-0.15, -0.1) is 11.3 Å². The molecule has 2 aromatic heterocycles. The molecule has 1 aliphatic rings. The molecule has 1 fully saturated rings. The summed E-state index contributed by atoms with van der Waals surface area (Å²) in [6.45, 7) is 5.55. The van der Waals surface area contributed by atoms with Crippen molar-refractivity contribution in [3.8, 4) is 10.8 Å². The van der Waals surface area contributed by atoms with Crippen molar-refractivity contribution < 1.29 is 14.0 Å². The third kappa shape index (κ3) is 4.94. The number of likely N-dealkylation sites (tertiary alicyclic amines) is 1. The summed E-state index contributed by atoms with van der Waals surface area (Å²) in [6, 6.07) is 3.81. The number of carbonyl (C=O) groups excluding carboxylic acids is 2. The molecule has 0 spiro atoms. The number of furan rings is 1. The molecule has 0 unspecified atom stereocenters. The van der Waals surface area contributed by atoms with Crippen LogP contribution < -0.4 is 5.32 Å². The standard InChI is InChI=1S/C19H25N3O3S/c1-13(2)10-18(24)22-7-5-14(6-8-22)20-17(23)11-15-12-26-19(21-15)16-4-3-9-25-16/h3-4,9,12-14H,5-8,10-11H2,1-2H3,(H,20,23). The van der Waals surface area contributed by atoms with E-state index >= 15 is 0 Å². The van der Waals surface area contributed by atoms with E-state index in [-0.39, 0.29) is 24.3 Å². The van der Waals surface area contributed by atoms with Crippen LogP contribution in [0.3, 0.4) is 0 Å². The predicted octanol–water partition coefficient (Wildman–Crippen LogP) is 3.10. The number of carbonyl (C=O) groups is 2. The first-order chi connectivity index (χ1) is 12.5. The van der Waals surface area contributed by atoms with Crippen molar-refractivity contribution in [3.05, 3.63) is 29.5 Å². The van der Waals surface area contributed by atoms with Crippen LogP contribution in [0.15, 0.2) is 28.2 Å². The molecule has 26 heavy (non-hydrogen) atoms. The highest BCUT2D eigenvalue weighted by Crippen LogP contribution is 2.24. The maximum Gasteiger partial charge on any atom is 0.226 e. The molecule has 3 heterocycles. The molecular weight excluding hydrogens is 350 g/mol. The topological polar surface area (TPSA) is 75.4 Å². The van der Waals surface area contributed by atoms with Crippen LogP contribution in [0.25, 0.3) is 10.8 Å². The molecule has 0 aromatic carbocycles. The Kier molecular flexibility index (Phi) is 6.08. The second-order valence-electron chi connectivity index (χ2n) is 7.12. The maximum atomic E-state index is 12.3. The van der Waals surface area contributed by atoms with Crippen LogP contribution in [0.5, 0.6) is 0 Å². The predicted molar refractivity (Wildman–Crippen MR) is 101 cm³/mol. The Hall–Kier alpha value is -2.15. The minimum Gasteiger partial charge on any atom is -0.462 e. The first-order valence-electron chi connectivity index (χ1n) is 9.06. The summed E-state index contributed by atoms with van der Waals surface area (Å²) in [5, 5.41) is 5.76. The van der Waals surface area contributed by atoms with E-state index in [1.165, 1.54) is 11.3 Å². The van der Waals surface area contributed by atoms with Gasteiger partial charge < -0.3 is 14.6 Å². The van der Waals surface area contributed by atoms with Gasteiger partial charge in [0.05, 0.1) is 18.4 Å². The van der Waals surface area contributed by atoms with Crippen LogP contribution in [0.2, 0.25) is 0 Å². The highest BCUT2D eigenvalue weighted by Gasteiger charge is 2.24. The third-order valence-electron chi connectivity index (χ3n) is 4.42. The first-order valence-corrected chi connectivity index (χ1v) is 9.94. The van der Waals surface area contributed by atoms with Gasteiger partial charge in [0.15, 0.2) is 10.8 Å². The average Bonchev–Trinajstić information content (AvgIpc) is 3.26. The van der Waals surface area contributed by atoms with Gasteiger partial charge in [-0.3, -0.25) is 9.59 Å². The molecular formula is C19H25N3O3S. The number of hydrogen-bond acceptors (Lipinski definition) is 5. The van der Waals surface area contributed by atoms with E-state index in [2.05, 4.69) is 24.1 Å². The Bertz CT molecular complexity index is 731. The quantitative estimate of drug-likeness (QED) is 0.842. The van der Waals surface area contributed by atoms with Crippen molar-refractivity contribution >= 4 is 23.2 Å². The molecule has 140 valence electrons. The van der Waals surface area contributed by atoms with Gasteiger partial charge in [0.25, 0.3) is 0 Å².